The van der Waals surface area contributed by atoms with Crippen LogP contribution in [0.2, 0.25) is 0 Å². The van der Waals surface area contributed by atoms with Crippen molar-refractivity contribution in [2.45, 2.75) is 27.4 Å². The molecule has 0 atom stereocenters. The molecule has 190 valence electrons. The molecule has 37 heavy (non-hydrogen) atoms. The van der Waals surface area contributed by atoms with Gasteiger partial charge < -0.3 is 23.9 Å². The molecular formula is C28H27N3O6. The summed E-state index contributed by atoms with van der Waals surface area (Å²) < 4.78 is 22.0. The van der Waals surface area contributed by atoms with Crippen molar-refractivity contribution in [3.8, 4) is 11.5 Å². The van der Waals surface area contributed by atoms with E-state index in [-0.39, 0.29) is 17.7 Å². The minimum absolute atomic E-state index is 0.0175. The van der Waals surface area contributed by atoms with Crippen LogP contribution >= 0.6 is 0 Å². The third kappa shape index (κ3) is 5.78. The maximum atomic E-state index is 13.6. The number of carbonyl (C=O) groups excluding carboxylic acids is 2. The Kier molecular flexibility index (Phi) is 7.52. The molecule has 0 fully saturated rings. The zero-order valence-electron chi connectivity index (χ0n) is 21.2. The lowest BCUT2D eigenvalue weighted by Crippen LogP contribution is -2.22. The summed E-state index contributed by atoms with van der Waals surface area (Å²) in [5, 5.41) is 3.46. The third-order valence-corrected chi connectivity index (χ3v) is 5.62. The zero-order chi connectivity index (χ0) is 26.5. The lowest BCUT2D eigenvalue weighted by atomic mass is 10.1. The van der Waals surface area contributed by atoms with E-state index >= 15 is 0 Å². The summed E-state index contributed by atoms with van der Waals surface area (Å²) >= 11 is 0. The number of carbonyl (C=O) groups is 2. The minimum atomic E-state index is -0.464. The summed E-state index contributed by atoms with van der Waals surface area (Å²) in [7, 11) is 3.05. The molecule has 0 aliphatic heterocycles. The highest BCUT2D eigenvalue weighted by molar-refractivity contribution is 6.06. The average Bonchev–Trinajstić information content (AvgIpc) is 2.88. The first kappa shape index (κ1) is 25.4. The van der Waals surface area contributed by atoms with Gasteiger partial charge in [-0.2, -0.15) is 0 Å². The van der Waals surface area contributed by atoms with Gasteiger partial charge in [0.15, 0.2) is 5.58 Å². The maximum absolute atomic E-state index is 13.6. The highest BCUT2D eigenvalue weighted by Crippen LogP contribution is 2.30. The van der Waals surface area contributed by atoms with Gasteiger partial charge >= 0.3 is 5.97 Å². The lowest BCUT2D eigenvalue weighted by molar-refractivity contribution is -0.142. The number of nitrogens with one attached hydrogen (secondary N) is 1. The van der Waals surface area contributed by atoms with Crippen molar-refractivity contribution >= 4 is 34.2 Å². The van der Waals surface area contributed by atoms with Gasteiger partial charge in [-0.1, -0.05) is 12.1 Å². The molecule has 0 aliphatic rings. The molecular weight excluding hydrogens is 474 g/mol. The van der Waals surface area contributed by atoms with E-state index in [2.05, 4.69) is 15.3 Å². The molecule has 0 unspecified atom stereocenters. The Balaban J connectivity index is 1.89. The van der Waals surface area contributed by atoms with E-state index in [1.165, 1.54) is 14.0 Å². The molecule has 0 bridgehead atoms. The van der Waals surface area contributed by atoms with Crippen molar-refractivity contribution in [1.29, 1.82) is 0 Å². The van der Waals surface area contributed by atoms with Crippen LogP contribution in [-0.2, 0) is 16.1 Å². The lowest BCUT2D eigenvalue weighted by Gasteiger charge is -2.13. The Bertz CT molecular complexity index is 1560. The van der Waals surface area contributed by atoms with Crippen LogP contribution in [0.4, 0.5) is 11.4 Å². The number of pyridine rings is 1. The number of aryl methyl sites for hydroxylation is 2. The molecule has 0 aliphatic carbocycles. The molecule has 4 aromatic rings. The number of anilines is 1. The summed E-state index contributed by atoms with van der Waals surface area (Å²) in [5.41, 5.74) is 4.01. The summed E-state index contributed by atoms with van der Waals surface area (Å²) in [6.45, 7) is 5.06. The Labute approximate surface area is 213 Å². The molecule has 0 saturated heterocycles. The first-order valence-electron chi connectivity index (χ1n) is 11.5. The molecule has 1 N–H and O–H groups in total. The summed E-state index contributed by atoms with van der Waals surface area (Å²) in [5.74, 6) is 0.122. The van der Waals surface area contributed by atoms with E-state index in [4.69, 9.17) is 18.6 Å². The highest BCUT2D eigenvalue weighted by Gasteiger charge is 2.18. The fourth-order valence-corrected chi connectivity index (χ4v) is 3.73. The van der Waals surface area contributed by atoms with Crippen molar-refractivity contribution in [3.05, 3.63) is 82.7 Å². The number of nitrogens with zero attached hydrogens (tertiary/aromatic N) is 2. The molecule has 9 nitrogen and oxygen atoms in total. The van der Waals surface area contributed by atoms with Crippen LogP contribution in [0.15, 0.2) is 64.1 Å². The summed E-state index contributed by atoms with van der Waals surface area (Å²) in [6.07, 6.45) is 1.60. The first-order chi connectivity index (χ1) is 17.8. The van der Waals surface area contributed by atoms with E-state index in [0.29, 0.717) is 45.1 Å². The highest BCUT2D eigenvalue weighted by atomic mass is 16.5. The molecule has 2 aromatic heterocycles. The monoisotopic (exact) mass is 501 g/mol. The summed E-state index contributed by atoms with van der Waals surface area (Å²) in [6, 6.07) is 14.3. The van der Waals surface area contributed by atoms with Gasteiger partial charge in [-0.3, -0.25) is 14.6 Å². The van der Waals surface area contributed by atoms with Crippen LogP contribution < -0.4 is 20.3 Å². The number of fused-ring (bicyclic) bond motifs is 1. The molecule has 2 heterocycles. The molecule has 4 rings (SSSR count). The minimum Gasteiger partial charge on any atom is -0.497 e. The number of methoxy groups -OCH3 is 2. The number of hydrogen-bond acceptors (Lipinski definition) is 8. The fourth-order valence-electron chi connectivity index (χ4n) is 3.73. The molecule has 9 heteroatoms. The van der Waals surface area contributed by atoms with Crippen molar-refractivity contribution in [2.24, 2.45) is 4.99 Å². The summed E-state index contributed by atoms with van der Waals surface area (Å²) in [4.78, 5) is 34.0. The van der Waals surface area contributed by atoms with Gasteiger partial charge in [0.25, 0.3) is 5.91 Å². The zero-order valence-corrected chi connectivity index (χ0v) is 21.2. The molecule has 2 aromatic carbocycles. The number of rotatable bonds is 7. The Hall–Kier alpha value is -4.66. The normalized spacial score (nSPS) is 11.3. The quantitative estimate of drug-likeness (QED) is 0.354. The van der Waals surface area contributed by atoms with Gasteiger partial charge in [0.2, 0.25) is 5.55 Å². The largest absolute Gasteiger partial charge is 0.497 e. The van der Waals surface area contributed by atoms with Crippen molar-refractivity contribution < 1.29 is 28.2 Å². The number of esters is 1. The van der Waals surface area contributed by atoms with Crippen LogP contribution in [0.1, 0.15) is 34.1 Å². The van der Waals surface area contributed by atoms with E-state index < -0.39 is 11.9 Å². The molecule has 0 saturated carbocycles. The van der Waals surface area contributed by atoms with E-state index in [0.717, 1.165) is 5.56 Å². The second-order valence-corrected chi connectivity index (χ2v) is 8.33. The second-order valence-electron chi connectivity index (χ2n) is 8.33. The number of hydrogen-bond donors (Lipinski definition) is 1. The van der Waals surface area contributed by atoms with Gasteiger partial charge in [-0.05, 0) is 49.7 Å². The van der Waals surface area contributed by atoms with E-state index in [1.54, 1.807) is 44.5 Å². The van der Waals surface area contributed by atoms with Gasteiger partial charge in [0.1, 0.15) is 23.7 Å². The number of aromatic nitrogens is 1. The van der Waals surface area contributed by atoms with Crippen LogP contribution in [0.3, 0.4) is 0 Å². The molecule has 0 radical (unpaired) electrons. The predicted molar refractivity (Wildman–Crippen MR) is 138 cm³/mol. The SMILES string of the molecule is COc1ccc(NC(=O)c2cc3c(COC(C)=O)cnc(C)c3oc2=Nc2cccc(C)c2)c(OC)c1. The third-order valence-electron chi connectivity index (χ3n) is 5.62. The smallest absolute Gasteiger partial charge is 0.302 e. The molecule has 0 spiro atoms. The predicted octanol–water partition coefficient (Wildman–Crippen LogP) is 5.01. The Morgan fingerprint density at radius 2 is 1.86 bits per heavy atom. The number of amides is 1. The standard InChI is InChI=1S/C28H27N3O6/c1-16-7-6-8-20(11-16)30-28-23(27(33)31-24-10-9-21(34-4)12-25(24)35-5)13-22-19(15-36-18(3)32)14-29-17(2)26(22)37-28/h6-14H,15H2,1-5H3,(H,31,33). The van der Waals surface area contributed by atoms with Gasteiger partial charge in [-0.15, -0.1) is 0 Å². The van der Waals surface area contributed by atoms with Gasteiger partial charge in [-0.25, -0.2) is 4.99 Å². The average molecular weight is 502 g/mol. The van der Waals surface area contributed by atoms with Crippen LogP contribution in [0, 0.1) is 13.8 Å². The fraction of sp³-hybridized carbons (Fsp3) is 0.214. The maximum Gasteiger partial charge on any atom is 0.302 e. The first-order valence-corrected chi connectivity index (χ1v) is 11.5. The van der Waals surface area contributed by atoms with Gasteiger partial charge in [0.05, 0.1) is 31.3 Å². The van der Waals surface area contributed by atoms with Crippen molar-refractivity contribution in [2.75, 3.05) is 19.5 Å². The number of ether oxygens (including phenoxy) is 3. The molecule has 1 amide bonds. The van der Waals surface area contributed by atoms with Crippen molar-refractivity contribution in [3.63, 3.8) is 0 Å². The van der Waals surface area contributed by atoms with Gasteiger partial charge in [0, 0.05) is 30.1 Å². The van der Waals surface area contributed by atoms with E-state index in [9.17, 15) is 9.59 Å². The van der Waals surface area contributed by atoms with E-state index in [1.807, 2.05) is 31.2 Å². The van der Waals surface area contributed by atoms with Crippen LogP contribution in [0.5, 0.6) is 11.5 Å². The Morgan fingerprint density at radius 1 is 1.05 bits per heavy atom. The topological polar surface area (TPSA) is 112 Å². The Morgan fingerprint density at radius 3 is 2.57 bits per heavy atom. The van der Waals surface area contributed by atoms with Crippen LogP contribution in [-0.4, -0.2) is 31.1 Å². The number of benzene rings is 2. The second kappa shape index (κ2) is 10.9. The van der Waals surface area contributed by atoms with Crippen LogP contribution in [0.25, 0.3) is 11.0 Å². The van der Waals surface area contributed by atoms with Crippen molar-refractivity contribution in [1.82, 2.24) is 4.98 Å².